The highest BCUT2D eigenvalue weighted by Gasteiger charge is 2.53. The van der Waals surface area contributed by atoms with Gasteiger partial charge in [0.2, 0.25) is 0 Å². The predicted octanol–water partition coefficient (Wildman–Crippen LogP) is 4.89. The van der Waals surface area contributed by atoms with E-state index in [1.807, 2.05) is 0 Å². The molecule has 1 aliphatic heterocycles. The van der Waals surface area contributed by atoms with E-state index < -0.39 is 61.2 Å². The van der Waals surface area contributed by atoms with Crippen molar-refractivity contribution in [1.29, 1.82) is 0 Å². The zero-order chi connectivity index (χ0) is 31.6. The second-order valence-electron chi connectivity index (χ2n) is 9.95. The van der Waals surface area contributed by atoms with Crippen LogP contribution in [0, 0.1) is 0 Å². The van der Waals surface area contributed by atoms with Gasteiger partial charge in [0.15, 0.2) is 24.6 Å². The van der Waals surface area contributed by atoms with Gasteiger partial charge in [-0.05, 0) is 48.5 Å². The number of benzene rings is 4. The number of hydrogen-bond acceptors (Lipinski definition) is 10. The van der Waals surface area contributed by atoms with Gasteiger partial charge in [-0.15, -0.1) is 0 Å². The van der Waals surface area contributed by atoms with E-state index >= 15 is 0 Å². The lowest BCUT2D eigenvalue weighted by Crippen LogP contribution is -2.63. The third-order valence-corrected chi connectivity index (χ3v) is 6.97. The molecule has 0 bridgehead atoms. The Kier molecular flexibility index (Phi) is 10.3. The molecule has 1 aliphatic rings. The fourth-order valence-corrected chi connectivity index (χ4v) is 4.72. The lowest BCUT2D eigenvalue weighted by atomic mass is 9.97. The summed E-state index contributed by atoms with van der Waals surface area (Å²) in [7, 11) is 1.31. The van der Waals surface area contributed by atoms with Crippen molar-refractivity contribution in [2.45, 2.75) is 30.7 Å². The molecule has 5 rings (SSSR count). The van der Waals surface area contributed by atoms with Gasteiger partial charge in [-0.2, -0.15) is 0 Å². The third-order valence-electron chi connectivity index (χ3n) is 6.97. The van der Waals surface area contributed by atoms with Crippen LogP contribution in [0.3, 0.4) is 0 Å². The summed E-state index contributed by atoms with van der Waals surface area (Å²) < 4.78 is 34.9. The Bertz CT molecular complexity index is 1580. The highest BCUT2D eigenvalue weighted by molar-refractivity contribution is 5.91. The van der Waals surface area contributed by atoms with E-state index in [0.717, 1.165) is 0 Å². The summed E-state index contributed by atoms with van der Waals surface area (Å²) in [5.74, 6) is -2.96. The van der Waals surface area contributed by atoms with Gasteiger partial charge in [0.1, 0.15) is 12.7 Å². The summed E-state index contributed by atoms with van der Waals surface area (Å²) in [4.78, 5) is 52.8. The molecule has 0 N–H and O–H groups in total. The van der Waals surface area contributed by atoms with E-state index in [1.54, 1.807) is 121 Å². The number of ether oxygens (including phenoxy) is 6. The van der Waals surface area contributed by atoms with E-state index in [4.69, 9.17) is 28.4 Å². The van der Waals surface area contributed by atoms with Crippen LogP contribution < -0.4 is 0 Å². The average Bonchev–Trinajstić information content (AvgIpc) is 3.10. The molecule has 0 spiro atoms. The van der Waals surface area contributed by atoms with Gasteiger partial charge in [0.25, 0.3) is 0 Å². The summed E-state index contributed by atoms with van der Waals surface area (Å²) >= 11 is 0. The van der Waals surface area contributed by atoms with E-state index in [0.29, 0.717) is 0 Å². The SMILES string of the molecule is CO[C@H]1O[C@H](COC(=O)c2ccccc2)[C@@H](OC(=O)c2ccccc2)[C@H](OC(=O)c2ccccc2)[C@H]1OC(=O)c1ccccc1. The number of esters is 4. The minimum absolute atomic E-state index is 0.200. The van der Waals surface area contributed by atoms with Crippen LogP contribution in [-0.4, -0.2) is 68.3 Å². The first-order chi connectivity index (χ1) is 21.9. The molecule has 10 heteroatoms. The molecule has 4 aromatic carbocycles. The Balaban J connectivity index is 1.50. The van der Waals surface area contributed by atoms with Crippen molar-refractivity contribution in [3.05, 3.63) is 144 Å². The molecule has 230 valence electrons. The molecular formula is C35H30O10. The quantitative estimate of drug-likeness (QED) is 0.181. The van der Waals surface area contributed by atoms with Crippen LogP contribution in [0.2, 0.25) is 0 Å². The third kappa shape index (κ3) is 7.80. The van der Waals surface area contributed by atoms with Crippen molar-refractivity contribution in [2.75, 3.05) is 13.7 Å². The average molecular weight is 611 g/mol. The van der Waals surface area contributed by atoms with Gasteiger partial charge >= 0.3 is 23.9 Å². The largest absolute Gasteiger partial charge is 0.459 e. The maximum absolute atomic E-state index is 13.4. The fraction of sp³-hybridized carbons (Fsp3) is 0.200. The molecule has 0 radical (unpaired) electrons. The summed E-state index contributed by atoms with van der Waals surface area (Å²) in [6, 6.07) is 32.7. The first-order valence-electron chi connectivity index (χ1n) is 14.1. The number of methoxy groups -OCH3 is 1. The van der Waals surface area contributed by atoms with E-state index in [-0.39, 0.29) is 22.3 Å². The molecule has 0 aromatic heterocycles. The molecule has 1 saturated heterocycles. The predicted molar refractivity (Wildman–Crippen MR) is 159 cm³/mol. The number of hydrogen-bond donors (Lipinski definition) is 0. The zero-order valence-electron chi connectivity index (χ0n) is 24.2. The molecule has 0 amide bonds. The summed E-state index contributed by atoms with van der Waals surface area (Å²) in [5.41, 5.74) is 0.914. The maximum atomic E-state index is 13.4. The monoisotopic (exact) mass is 610 g/mol. The van der Waals surface area contributed by atoms with Gasteiger partial charge in [-0.3, -0.25) is 0 Å². The second kappa shape index (κ2) is 14.9. The first kappa shape index (κ1) is 31.1. The number of carbonyl (C=O) groups is 4. The van der Waals surface area contributed by atoms with Crippen molar-refractivity contribution in [2.24, 2.45) is 0 Å². The van der Waals surface area contributed by atoms with Crippen LogP contribution in [0.15, 0.2) is 121 Å². The summed E-state index contributed by atoms with van der Waals surface area (Å²) in [6.07, 6.45) is -6.76. The highest BCUT2D eigenvalue weighted by Crippen LogP contribution is 2.31. The summed E-state index contributed by atoms with van der Waals surface area (Å²) in [5, 5.41) is 0. The van der Waals surface area contributed by atoms with Crippen molar-refractivity contribution in [3.8, 4) is 0 Å². The highest BCUT2D eigenvalue weighted by atomic mass is 16.7. The Morgan fingerprint density at radius 2 is 0.867 bits per heavy atom. The van der Waals surface area contributed by atoms with Gasteiger partial charge in [-0.1, -0.05) is 72.8 Å². The Morgan fingerprint density at radius 3 is 1.27 bits per heavy atom. The van der Waals surface area contributed by atoms with Crippen LogP contribution in [0.4, 0.5) is 0 Å². The topological polar surface area (TPSA) is 124 Å². The van der Waals surface area contributed by atoms with Crippen LogP contribution in [0.25, 0.3) is 0 Å². The van der Waals surface area contributed by atoms with Gasteiger partial charge in [0, 0.05) is 7.11 Å². The molecule has 45 heavy (non-hydrogen) atoms. The molecular weight excluding hydrogens is 580 g/mol. The van der Waals surface area contributed by atoms with E-state index in [9.17, 15) is 19.2 Å². The first-order valence-corrected chi connectivity index (χ1v) is 14.1. The van der Waals surface area contributed by atoms with Crippen LogP contribution >= 0.6 is 0 Å². The van der Waals surface area contributed by atoms with Crippen molar-refractivity contribution < 1.29 is 47.6 Å². The van der Waals surface area contributed by atoms with Gasteiger partial charge in [-0.25, -0.2) is 19.2 Å². The fourth-order valence-electron chi connectivity index (χ4n) is 4.72. The summed E-state index contributed by atoms with van der Waals surface area (Å²) in [6.45, 7) is -0.418. The zero-order valence-corrected chi connectivity index (χ0v) is 24.2. The molecule has 0 aliphatic carbocycles. The Hall–Kier alpha value is -5.32. The smallest absolute Gasteiger partial charge is 0.338 e. The van der Waals surface area contributed by atoms with Crippen LogP contribution in [0.1, 0.15) is 41.4 Å². The lowest BCUT2D eigenvalue weighted by molar-refractivity contribution is -0.291. The van der Waals surface area contributed by atoms with Crippen LogP contribution in [-0.2, 0) is 28.4 Å². The second-order valence-corrected chi connectivity index (χ2v) is 9.95. The van der Waals surface area contributed by atoms with Gasteiger partial charge in [0.05, 0.1) is 22.3 Å². The number of rotatable bonds is 10. The van der Waals surface area contributed by atoms with Gasteiger partial charge < -0.3 is 28.4 Å². The molecule has 0 saturated carbocycles. The minimum atomic E-state index is -1.45. The molecule has 1 heterocycles. The standard InChI is InChI=1S/C35H30O10/c1-40-35-30(45-34(39)26-20-12-5-13-21-26)29(44-33(38)25-18-10-4-11-19-25)28(43-32(37)24-16-8-3-9-17-24)27(42-35)22-41-31(36)23-14-6-2-7-15-23/h2-21,27-30,35H,22H2,1H3/t27-,28-,29+,30-,35+/m1/s1. The molecule has 0 unspecified atom stereocenters. The van der Waals surface area contributed by atoms with Crippen molar-refractivity contribution in [1.82, 2.24) is 0 Å². The van der Waals surface area contributed by atoms with Crippen LogP contribution in [0.5, 0.6) is 0 Å². The lowest BCUT2D eigenvalue weighted by Gasteiger charge is -2.44. The Morgan fingerprint density at radius 1 is 0.511 bits per heavy atom. The normalized spacial score (nSPS) is 20.8. The van der Waals surface area contributed by atoms with E-state index in [1.165, 1.54) is 7.11 Å². The molecule has 1 fully saturated rings. The Labute approximate surface area is 259 Å². The number of carbonyl (C=O) groups excluding carboxylic acids is 4. The maximum Gasteiger partial charge on any atom is 0.338 e. The van der Waals surface area contributed by atoms with Crippen molar-refractivity contribution in [3.63, 3.8) is 0 Å². The van der Waals surface area contributed by atoms with E-state index in [2.05, 4.69) is 0 Å². The molecule has 4 aromatic rings. The minimum Gasteiger partial charge on any atom is -0.459 e. The van der Waals surface area contributed by atoms with Crippen molar-refractivity contribution >= 4 is 23.9 Å². The molecule has 5 atom stereocenters. The molecule has 10 nitrogen and oxygen atoms in total.